The molecule has 8 heteroatoms. The third kappa shape index (κ3) is 3.97. The van der Waals surface area contributed by atoms with E-state index in [1.54, 1.807) is 18.2 Å². The molecular weight excluding hydrogens is 342 g/mol. The van der Waals surface area contributed by atoms with Gasteiger partial charge in [-0.15, -0.1) is 21.5 Å². The molecule has 1 N–H and O–H groups in total. The molecule has 0 aliphatic heterocycles. The molecule has 0 saturated carbocycles. The van der Waals surface area contributed by atoms with E-state index in [1.807, 2.05) is 17.5 Å². The van der Waals surface area contributed by atoms with Gasteiger partial charge < -0.3 is 19.2 Å². The Morgan fingerprint density at radius 1 is 1.36 bits per heavy atom. The number of ether oxygens (including phenoxy) is 2. The van der Waals surface area contributed by atoms with Crippen molar-refractivity contribution in [2.75, 3.05) is 13.7 Å². The lowest BCUT2D eigenvalue weighted by Crippen LogP contribution is -2.23. The minimum Gasteiger partial charge on any atom is -0.496 e. The van der Waals surface area contributed by atoms with Gasteiger partial charge in [-0.25, -0.2) is 0 Å². The summed E-state index contributed by atoms with van der Waals surface area (Å²) in [4.78, 5) is 13.3. The lowest BCUT2D eigenvalue weighted by molar-refractivity contribution is 0.0944. The first kappa shape index (κ1) is 17.0. The number of methoxy groups -OCH3 is 1. The normalized spacial score (nSPS) is 10.5. The molecule has 3 rings (SSSR count). The van der Waals surface area contributed by atoms with Gasteiger partial charge in [0.05, 0.1) is 30.7 Å². The highest BCUT2D eigenvalue weighted by molar-refractivity contribution is 7.13. The number of amides is 1. The van der Waals surface area contributed by atoms with Crippen LogP contribution in [0, 0.1) is 6.92 Å². The fourth-order valence-corrected chi connectivity index (χ4v) is 2.79. The summed E-state index contributed by atoms with van der Waals surface area (Å²) in [5, 5.41) is 12.6. The van der Waals surface area contributed by atoms with Gasteiger partial charge in [-0.3, -0.25) is 4.79 Å². The average Bonchev–Trinajstić information content (AvgIpc) is 3.31. The van der Waals surface area contributed by atoms with Crippen molar-refractivity contribution in [2.24, 2.45) is 0 Å². The van der Waals surface area contributed by atoms with E-state index in [0.717, 1.165) is 4.88 Å². The molecule has 0 aliphatic carbocycles. The van der Waals surface area contributed by atoms with E-state index in [2.05, 4.69) is 22.4 Å². The van der Waals surface area contributed by atoms with Gasteiger partial charge in [-0.2, -0.15) is 0 Å². The molecule has 25 heavy (non-hydrogen) atoms. The van der Waals surface area contributed by atoms with Gasteiger partial charge in [0.15, 0.2) is 0 Å². The predicted molar refractivity (Wildman–Crippen MR) is 92.6 cm³/mol. The molecule has 2 aromatic heterocycles. The molecule has 2 heterocycles. The SMILES string of the molecule is [CH2]COc1ccc(C(=O)NCc2nnc(-c3cccs3)o2)c(OC)c1. The number of nitrogens with zero attached hydrogens (tertiary/aromatic N) is 2. The Balaban J connectivity index is 1.66. The van der Waals surface area contributed by atoms with Crippen molar-refractivity contribution < 1.29 is 18.7 Å². The Morgan fingerprint density at radius 2 is 2.24 bits per heavy atom. The van der Waals surface area contributed by atoms with Gasteiger partial charge in [-0.05, 0) is 30.5 Å². The molecule has 0 bridgehead atoms. The largest absolute Gasteiger partial charge is 0.496 e. The van der Waals surface area contributed by atoms with E-state index in [0.29, 0.717) is 35.5 Å². The van der Waals surface area contributed by atoms with E-state index in [1.165, 1.54) is 18.4 Å². The van der Waals surface area contributed by atoms with Crippen LogP contribution in [-0.2, 0) is 6.54 Å². The smallest absolute Gasteiger partial charge is 0.257 e. The highest BCUT2D eigenvalue weighted by Gasteiger charge is 2.15. The van der Waals surface area contributed by atoms with Crippen LogP contribution in [0.25, 0.3) is 10.8 Å². The minimum absolute atomic E-state index is 0.123. The van der Waals surface area contributed by atoms with Crippen molar-refractivity contribution in [1.82, 2.24) is 15.5 Å². The van der Waals surface area contributed by atoms with Crippen LogP contribution in [0.1, 0.15) is 16.2 Å². The molecule has 3 aromatic rings. The van der Waals surface area contributed by atoms with Crippen LogP contribution in [0.5, 0.6) is 11.5 Å². The zero-order valence-electron chi connectivity index (χ0n) is 13.5. The third-order valence-corrected chi connectivity index (χ3v) is 4.14. The monoisotopic (exact) mass is 358 g/mol. The number of carbonyl (C=O) groups excluding carboxylic acids is 1. The van der Waals surface area contributed by atoms with Crippen LogP contribution >= 0.6 is 11.3 Å². The van der Waals surface area contributed by atoms with E-state index in [9.17, 15) is 4.79 Å². The maximum Gasteiger partial charge on any atom is 0.257 e. The van der Waals surface area contributed by atoms with Crippen molar-refractivity contribution in [2.45, 2.75) is 6.54 Å². The maximum absolute atomic E-state index is 12.4. The molecule has 0 atom stereocenters. The van der Waals surface area contributed by atoms with Gasteiger partial charge in [-0.1, -0.05) is 6.07 Å². The summed E-state index contributed by atoms with van der Waals surface area (Å²) in [6.07, 6.45) is 0. The molecule has 0 fully saturated rings. The number of carbonyl (C=O) groups is 1. The molecule has 0 aliphatic rings. The molecule has 0 saturated heterocycles. The maximum atomic E-state index is 12.4. The van der Waals surface area contributed by atoms with Crippen molar-refractivity contribution in [3.05, 3.63) is 54.1 Å². The molecule has 7 nitrogen and oxygen atoms in total. The Kier molecular flexibility index (Phi) is 5.30. The van der Waals surface area contributed by atoms with Crippen LogP contribution in [0.15, 0.2) is 40.1 Å². The summed E-state index contributed by atoms with van der Waals surface area (Å²) >= 11 is 1.50. The molecular formula is C17H16N3O4S. The Hall–Kier alpha value is -2.87. The lowest BCUT2D eigenvalue weighted by Gasteiger charge is -2.10. The van der Waals surface area contributed by atoms with E-state index >= 15 is 0 Å². The fraction of sp³-hybridized carbons (Fsp3) is 0.176. The second-order valence-corrected chi connectivity index (χ2v) is 5.82. The number of thiophene rings is 1. The number of benzene rings is 1. The molecule has 1 aromatic carbocycles. The third-order valence-electron chi connectivity index (χ3n) is 3.29. The van der Waals surface area contributed by atoms with Crippen LogP contribution < -0.4 is 14.8 Å². The first-order valence-corrected chi connectivity index (χ1v) is 8.33. The van der Waals surface area contributed by atoms with Crippen LogP contribution in [-0.4, -0.2) is 29.8 Å². The van der Waals surface area contributed by atoms with Crippen molar-refractivity contribution >= 4 is 17.2 Å². The number of nitrogens with one attached hydrogen (secondary N) is 1. The summed E-state index contributed by atoms with van der Waals surface area (Å²) < 4.78 is 16.1. The highest BCUT2D eigenvalue weighted by atomic mass is 32.1. The molecule has 129 valence electrons. The second kappa shape index (κ2) is 7.80. The summed E-state index contributed by atoms with van der Waals surface area (Å²) in [5.74, 6) is 1.45. The van der Waals surface area contributed by atoms with E-state index in [4.69, 9.17) is 13.9 Å². The van der Waals surface area contributed by atoms with Gasteiger partial charge in [0, 0.05) is 6.07 Å². The second-order valence-electron chi connectivity index (χ2n) is 4.87. The standard InChI is InChI=1S/C17H16N3O4S/c1-3-23-11-6-7-12(13(9-11)22-2)16(21)18-10-15-19-20-17(24-15)14-5-4-8-25-14/h4-9H,1,3,10H2,2H3,(H,18,21). The number of hydrogen-bond donors (Lipinski definition) is 1. The van der Waals surface area contributed by atoms with Gasteiger partial charge in [0.25, 0.3) is 11.8 Å². The molecule has 0 unspecified atom stereocenters. The van der Waals surface area contributed by atoms with Crippen LogP contribution in [0.2, 0.25) is 0 Å². The minimum atomic E-state index is -0.311. The average molecular weight is 358 g/mol. The summed E-state index contributed by atoms with van der Waals surface area (Å²) in [6, 6.07) is 8.75. The van der Waals surface area contributed by atoms with Crippen molar-refractivity contribution in [3.8, 4) is 22.3 Å². The predicted octanol–water partition coefficient (Wildman–Crippen LogP) is 2.95. The summed E-state index contributed by atoms with van der Waals surface area (Å²) in [6.45, 7) is 4.03. The Bertz CT molecular complexity index is 845. The van der Waals surface area contributed by atoms with Crippen LogP contribution in [0.3, 0.4) is 0 Å². The number of hydrogen-bond acceptors (Lipinski definition) is 7. The molecule has 1 radical (unpaired) electrons. The number of rotatable bonds is 7. The summed E-state index contributed by atoms with van der Waals surface area (Å²) in [7, 11) is 1.49. The van der Waals surface area contributed by atoms with Crippen molar-refractivity contribution in [3.63, 3.8) is 0 Å². The topological polar surface area (TPSA) is 86.5 Å². The Morgan fingerprint density at radius 3 is 2.96 bits per heavy atom. The first-order chi connectivity index (χ1) is 12.2. The molecule has 1 amide bonds. The quantitative estimate of drug-likeness (QED) is 0.699. The summed E-state index contributed by atoms with van der Waals surface area (Å²) in [5.41, 5.74) is 0.386. The van der Waals surface area contributed by atoms with E-state index < -0.39 is 0 Å². The highest BCUT2D eigenvalue weighted by Crippen LogP contribution is 2.25. The first-order valence-electron chi connectivity index (χ1n) is 7.46. The molecule has 0 spiro atoms. The number of aromatic nitrogens is 2. The zero-order valence-corrected chi connectivity index (χ0v) is 14.3. The Labute approximate surface area is 148 Å². The fourth-order valence-electron chi connectivity index (χ4n) is 2.14. The van der Waals surface area contributed by atoms with E-state index in [-0.39, 0.29) is 12.5 Å². The van der Waals surface area contributed by atoms with Crippen LogP contribution in [0.4, 0.5) is 0 Å². The van der Waals surface area contributed by atoms with Gasteiger partial charge >= 0.3 is 0 Å². The van der Waals surface area contributed by atoms with Gasteiger partial charge in [0.2, 0.25) is 5.89 Å². The van der Waals surface area contributed by atoms with Gasteiger partial charge in [0.1, 0.15) is 11.5 Å². The lowest BCUT2D eigenvalue weighted by atomic mass is 10.1. The zero-order chi connectivity index (χ0) is 17.6. The van der Waals surface area contributed by atoms with Crippen molar-refractivity contribution in [1.29, 1.82) is 0 Å².